The van der Waals surface area contributed by atoms with Crippen LogP contribution in [0.5, 0.6) is 5.75 Å². The number of aromatic nitrogens is 2. The number of aromatic amines is 1. The Balaban J connectivity index is 1.40. The van der Waals surface area contributed by atoms with E-state index in [1.807, 2.05) is 42.5 Å². The molecule has 1 fully saturated rings. The van der Waals surface area contributed by atoms with Crippen molar-refractivity contribution in [1.82, 2.24) is 15.5 Å². The van der Waals surface area contributed by atoms with Crippen LogP contribution in [0.15, 0.2) is 54.6 Å². The number of benzene rings is 2. The average Bonchev–Trinajstić information content (AvgIpc) is 3.38. The molecule has 4 rings (SSSR count). The molecule has 0 bridgehead atoms. The molecule has 1 aliphatic heterocycles. The van der Waals surface area contributed by atoms with Gasteiger partial charge in [0.25, 0.3) is 5.91 Å². The van der Waals surface area contributed by atoms with Gasteiger partial charge in [-0.1, -0.05) is 35.9 Å². The van der Waals surface area contributed by atoms with Crippen molar-refractivity contribution in [2.24, 2.45) is 0 Å². The number of nitrogens with one attached hydrogen (secondary N) is 2. The van der Waals surface area contributed by atoms with E-state index in [1.165, 1.54) is 0 Å². The lowest BCUT2D eigenvalue weighted by molar-refractivity contribution is 0.0937. The SMILES string of the molecule is COc1ccccc1C(=O)NC1CCN(c2cc(-c3ccc(Cl)cc3)[nH]n2)C1. The summed E-state index contributed by atoms with van der Waals surface area (Å²) in [7, 11) is 1.57. The average molecular weight is 397 g/mol. The highest BCUT2D eigenvalue weighted by atomic mass is 35.5. The van der Waals surface area contributed by atoms with Crippen molar-refractivity contribution in [3.8, 4) is 17.0 Å². The molecule has 2 N–H and O–H groups in total. The third-order valence-corrected chi connectivity index (χ3v) is 5.17. The Hall–Kier alpha value is -2.99. The number of para-hydroxylation sites is 1. The highest BCUT2D eigenvalue weighted by Gasteiger charge is 2.26. The Labute approximate surface area is 168 Å². The molecule has 1 saturated heterocycles. The van der Waals surface area contributed by atoms with Crippen molar-refractivity contribution in [2.75, 3.05) is 25.1 Å². The van der Waals surface area contributed by atoms with E-state index in [-0.39, 0.29) is 11.9 Å². The van der Waals surface area contributed by atoms with Crippen LogP contribution in [0, 0.1) is 0 Å². The fourth-order valence-corrected chi connectivity index (χ4v) is 3.56. The largest absolute Gasteiger partial charge is 0.496 e. The van der Waals surface area contributed by atoms with Gasteiger partial charge in [0.05, 0.1) is 18.4 Å². The van der Waals surface area contributed by atoms with Crippen molar-refractivity contribution >= 4 is 23.3 Å². The summed E-state index contributed by atoms with van der Waals surface area (Å²) in [4.78, 5) is 14.8. The van der Waals surface area contributed by atoms with E-state index >= 15 is 0 Å². The quantitative estimate of drug-likeness (QED) is 0.689. The van der Waals surface area contributed by atoms with Gasteiger partial charge < -0.3 is 15.0 Å². The molecule has 0 radical (unpaired) electrons. The number of rotatable bonds is 5. The van der Waals surface area contributed by atoms with Crippen molar-refractivity contribution in [2.45, 2.75) is 12.5 Å². The number of amides is 1. The summed E-state index contributed by atoms with van der Waals surface area (Å²) in [6.07, 6.45) is 0.865. The topological polar surface area (TPSA) is 70.2 Å². The Morgan fingerprint density at radius 3 is 2.82 bits per heavy atom. The molecule has 1 aliphatic rings. The zero-order valence-corrected chi connectivity index (χ0v) is 16.2. The van der Waals surface area contributed by atoms with E-state index in [2.05, 4.69) is 20.4 Å². The van der Waals surface area contributed by atoms with Crippen LogP contribution < -0.4 is 15.0 Å². The minimum atomic E-state index is -0.117. The fourth-order valence-electron chi connectivity index (χ4n) is 3.43. The highest BCUT2D eigenvalue weighted by Crippen LogP contribution is 2.26. The van der Waals surface area contributed by atoms with Crippen LogP contribution in [-0.2, 0) is 0 Å². The summed E-state index contributed by atoms with van der Waals surface area (Å²) < 4.78 is 5.28. The predicted octanol–water partition coefficient (Wildman–Crippen LogP) is 3.75. The van der Waals surface area contributed by atoms with Gasteiger partial charge in [0.1, 0.15) is 5.75 Å². The zero-order chi connectivity index (χ0) is 19.5. The number of nitrogens with zero attached hydrogens (tertiary/aromatic N) is 2. The van der Waals surface area contributed by atoms with Gasteiger partial charge >= 0.3 is 0 Å². The molecule has 1 aromatic heterocycles. The van der Waals surface area contributed by atoms with Crippen molar-refractivity contribution < 1.29 is 9.53 Å². The third kappa shape index (κ3) is 3.82. The Morgan fingerprint density at radius 1 is 1.25 bits per heavy atom. The maximum atomic E-state index is 12.6. The Bertz CT molecular complexity index is 971. The third-order valence-electron chi connectivity index (χ3n) is 4.92. The fraction of sp³-hybridized carbons (Fsp3) is 0.238. The monoisotopic (exact) mass is 396 g/mol. The summed E-state index contributed by atoms with van der Waals surface area (Å²) in [6, 6.07) is 17.0. The van der Waals surface area contributed by atoms with Gasteiger partial charge in [-0.3, -0.25) is 9.89 Å². The summed E-state index contributed by atoms with van der Waals surface area (Å²) in [6.45, 7) is 1.55. The number of carbonyl (C=O) groups excluding carboxylic acids is 1. The van der Waals surface area contributed by atoms with Gasteiger partial charge in [0.15, 0.2) is 5.82 Å². The molecule has 1 unspecified atom stereocenters. The van der Waals surface area contributed by atoms with Gasteiger partial charge in [-0.2, -0.15) is 5.10 Å². The first-order valence-electron chi connectivity index (χ1n) is 9.14. The molecule has 2 aromatic carbocycles. The number of anilines is 1. The summed E-state index contributed by atoms with van der Waals surface area (Å²) >= 11 is 5.95. The second-order valence-electron chi connectivity index (χ2n) is 6.75. The molecule has 0 saturated carbocycles. The maximum absolute atomic E-state index is 12.6. The zero-order valence-electron chi connectivity index (χ0n) is 15.5. The molecule has 0 aliphatic carbocycles. The summed E-state index contributed by atoms with van der Waals surface area (Å²) in [5, 5.41) is 11.3. The lowest BCUT2D eigenvalue weighted by Gasteiger charge is -2.16. The minimum Gasteiger partial charge on any atom is -0.496 e. The molecular formula is C21H21ClN4O2. The van der Waals surface area contributed by atoms with Crippen LogP contribution in [0.2, 0.25) is 5.02 Å². The first kappa shape index (κ1) is 18.4. The number of methoxy groups -OCH3 is 1. The maximum Gasteiger partial charge on any atom is 0.255 e. The van der Waals surface area contributed by atoms with E-state index in [0.29, 0.717) is 22.9 Å². The van der Waals surface area contributed by atoms with E-state index in [1.54, 1.807) is 19.2 Å². The second-order valence-corrected chi connectivity index (χ2v) is 7.19. The van der Waals surface area contributed by atoms with E-state index in [0.717, 1.165) is 30.0 Å². The normalized spacial score (nSPS) is 16.2. The van der Waals surface area contributed by atoms with Gasteiger partial charge in [0.2, 0.25) is 0 Å². The van der Waals surface area contributed by atoms with Crippen molar-refractivity contribution in [3.63, 3.8) is 0 Å². The molecular weight excluding hydrogens is 376 g/mol. The molecule has 2 heterocycles. The van der Waals surface area contributed by atoms with Crippen LogP contribution in [0.4, 0.5) is 5.82 Å². The second kappa shape index (κ2) is 7.94. The van der Waals surface area contributed by atoms with E-state index in [4.69, 9.17) is 16.3 Å². The molecule has 3 aromatic rings. The first-order chi connectivity index (χ1) is 13.6. The van der Waals surface area contributed by atoms with Crippen molar-refractivity contribution in [1.29, 1.82) is 0 Å². The van der Waals surface area contributed by atoms with Crippen LogP contribution in [0.3, 0.4) is 0 Å². The number of ether oxygens (including phenoxy) is 1. The predicted molar refractivity (Wildman–Crippen MR) is 110 cm³/mol. The summed E-state index contributed by atoms with van der Waals surface area (Å²) in [5.41, 5.74) is 2.52. The van der Waals surface area contributed by atoms with Gasteiger partial charge in [0, 0.05) is 30.2 Å². The highest BCUT2D eigenvalue weighted by molar-refractivity contribution is 6.30. The Kier molecular flexibility index (Phi) is 5.21. The molecule has 28 heavy (non-hydrogen) atoms. The minimum absolute atomic E-state index is 0.0631. The first-order valence-corrected chi connectivity index (χ1v) is 9.52. The van der Waals surface area contributed by atoms with Gasteiger partial charge in [-0.25, -0.2) is 0 Å². The lowest BCUT2D eigenvalue weighted by Crippen LogP contribution is -2.37. The van der Waals surface area contributed by atoms with Crippen LogP contribution >= 0.6 is 11.6 Å². The number of hydrogen-bond donors (Lipinski definition) is 2. The Morgan fingerprint density at radius 2 is 2.04 bits per heavy atom. The number of halogens is 1. The number of H-pyrrole nitrogens is 1. The molecule has 0 spiro atoms. The molecule has 1 amide bonds. The molecule has 6 nitrogen and oxygen atoms in total. The standard InChI is InChI=1S/C21H21ClN4O2/c1-28-19-5-3-2-4-17(19)21(27)23-16-10-11-26(13-16)20-12-18(24-25-20)14-6-8-15(22)9-7-14/h2-9,12,16H,10-11,13H2,1H3,(H,23,27)(H,24,25). The summed E-state index contributed by atoms with van der Waals surface area (Å²) in [5.74, 6) is 1.34. The molecule has 1 atom stereocenters. The van der Waals surface area contributed by atoms with Crippen LogP contribution in [-0.4, -0.2) is 42.3 Å². The van der Waals surface area contributed by atoms with Gasteiger partial charge in [-0.15, -0.1) is 0 Å². The lowest BCUT2D eigenvalue weighted by atomic mass is 10.1. The van der Waals surface area contributed by atoms with Crippen LogP contribution in [0.25, 0.3) is 11.3 Å². The number of carbonyl (C=O) groups is 1. The molecule has 144 valence electrons. The van der Waals surface area contributed by atoms with Crippen molar-refractivity contribution in [3.05, 3.63) is 65.2 Å². The number of hydrogen-bond acceptors (Lipinski definition) is 4. The van der Waals surface area contributed by atoms with E-state index < -0.39 is 0 Å². The molecule has 7 heteroatoms. The van der Waals surface area contributed by atoms with Gasteiger partial charge in [-0.05, 0) is 36.2 Å². The van der Waals surface area contributed by atoms with Crippen LogP contribution in [0.1, 0.15) is 16.8 Å². The smallest absolute Gasteiger partial charge is 0.255 e. The van der Waals surface area contributed by atoms with E-state index in [9.17, 15) is 4.79 Å².